The molecule has 5 heteroatoms. The lowest BCUT2D eigenvalue weighted by atomic mass is 9.95. The first-order chi connectivity index (χ1) is 8.70. The Morgan fingerprint density at radius 1 is 1.26 bits per heavy atom. The van der Waals surface area contributed by atoms with E-state index in [0.717, 1.165) is 12.5 Å². The minimum atomic E-state index is -4.60. The molecular weight excluding hydrogens is 257 g/mol. The van der Waals surface area contributed by atoms with Gasteiger partial charge in [0, 0.05) is 11.1 Å². The van der Waals surface area contributed by atoms with Gasteiger partial charge >= 0.3 is 6.18 Å². The standard InChI is InChI=1S/C14H13F3O2/c1-7-4-8(2)12-10(5-7)6-11(9(3)18)13(19-12)14(15,16)17/h4-6,13H,1-3H3/t13-/m0/s1. The second-order valence-corrected chi connectivity index (χ2v) is 4.70. The Bertz CT molecular complexity index is 571. The van der Waals surface area contributed by atoms with Gasteiger partial charge in [-0.05, 0) is 38.5 Å². The molecular formula is C14H13F3O2. The molecule has 0 N–H and O–H groups in total. The van der Waals surface area contributed by atoms with Crippen molar-refractivity contribution in [1.82, 2.24) is 0 Å². The quantitative estimate of drug-likeness (QED) is 0.779. The zero-order valence-corrected chi connectivity index (χ0v) is 10.8. The van der Waals surface area contributed by atoms with Crippen molar-refractivity contribution in [1.29, 1.82) is 0 Å². The maximum Gasteiger partial charge on any atom is 0.429 e. The molecule has 0 radical (unpaired) electrons. The third-order valence-corrected chi connectivity index (χ3v) is 2.98. The number of benzene rings is 1. The molecule has 0 aliphatic carbocycles. The van der Waals surface area contributed by atoms with Gasteiger partial charge in [0.1, 0.15) is 5.75 Å². The fourth-order valence-electron chi connectivity index (χ4n) is 2.21. The molecule has 1 aromatic rings. The van der Waals surface area contributed by atoms with Crippen LogP contribution >= 0.6 is 0 Å². The van der Waals surface area contributed by atoms with E-state index in [9.17, 15) is 18.0 Å². The van der Waals surface area contributed by atoms with Gasteiger partial charge in [-0.1, -0.05) is 11.6 Å². The predicted molar refractivity (Wildman–Crippen MR) is 65.0 cm³/mol. The second-order valence-electron chi connectivity index (χ2n) is 4.70. The zero-order valence-electron chi connectivity index (χ0n) is 10.8. The van der Waals surface area contributed by atoms with Crippen molar-refractivity contribution in [3.05, 3.63) is 34.4 Å². The van der Waals surface area contributed by atoms with Crippen LogP contribution in [-0.2, 0) is 4.79 Å². The van der Waals surface area contributed by atoms with Crippen LogP contribution in [0.5, 0.6) is 5.75 Å². The first-order valence-corrected chi connectivity index (χ1v) is 5.77. The number of alkyl halides is 3. The van der Waals surface area contributed by atoms with E-state index >= 15 is 0 Å². The van der Waals surface area contributed by atoms with Crippen LogP contribution in [-0.4, -0.2) is 18.1 Å². The van der Waals surface area contributed by atoms with Crippen molar-refractivity contribution >= 4 is 11.9 Å². The summed E-state index contributed by atoms with van der Waals surface area (Å²) in [7, 11) is 0. The Hall–Kier alpha value is -1.78. The number of rotatable bonds is 1. The summed E-state index contributed by atoms with van der Waals surface area (Å²) in [6.07, 6.45) is -5.51. The first-order valence-electron chi connectivity index (χ1n) is 5.77. The number of ether oxygens (including phenoxy) is 1. The number of hydrogen-bond donors (Lipinski definition) is 0. The summed E-state index contributed by atoms with van der Waals surface area (Å²) in [6.45, 7) is 4.64. The lowest BCUT2D eigenvalue weighted by Gasteiger charge is -2.29. The van der Waals surface area contributed by atoms with Gasteiger partial charge in [0.15, 0.2) is 5.78 Å². The van der Waals surface area contributed by atoms with Crippen LogP contribution in [0.4, 0.5) is 13.2 Å². The fraction of sp³-hybridized carbons (Fsp3) is 0.357. The van der Waals surface area contributed by atoms with Crippen molar-refractivity contribution in [2.45, 2.75) is 33.1 Å². The number of ketones is 1. The lowest BCUT2D eigenvalue weighted by molar-refractivity contribution is -0.185. The van der Waals surface area contributed by atoms with E-state index in [1.54, 1.807) is 19.1 Å². The van der Waals surface area contributed by atoms with Gasteiger partial charge in [0.05, 0.1) is 0 Å². The monoisotopic (exact) mass is 270 g/mol. The Labute approximate surface area is 108 Å². The molecule has 0 saturated carbocycles. The summed E-state index contributed by atoms with van der Waals surface area (Å²) in [4.78, 5) is 11.4. The molecule has 1 atom stereocenters. The van der Waals surface area contributed by atoms with Gasteiger partial charge in [-0.25, -0.2) is 0 Å². The Kier molecular flexibility index (Phi) is 3.16. The van der Waals surface area contributed by atoms with Crippen LogP contribution in [0.25, 0.3) is 6.08 Å². The predicted octanol–water partition coefficient (Wildman–Crippen LogP) is 3.60. The third-order valence-electron chi connectivity index (χ3n) is 2.98. The minimum absolute atomic E-state index is 0.193. The van der Waals surface area contributed by atoms with Crippen LogP contribution in [0, 0.1) is 13.8 Å². The topological polar surface area (TPSA) is 26.3 Å². The van der Waals surface area contributed by atoms with Crippen molar-refractivity contribution in [3.63, 3.8) is 0 Å². The Balaban J connectivity index is 2.61. The highest BCUT2D eigenvalue weighted by molar-refractivity contribution is 6.00. The average molecular weight is 270 g/mol. The molecule has 0 fully saturated rings. The van der Waals surface area contributed by atoms with Gasteiger partial charge < -0.3 is 4.74 Å². The van der Waals surface area contributed by atoms with E-state index in [4.69, 9.17) is 4.74 Å². The number of aryl methyl sites for hydroxylation is 2. The molecule has 102 valence electrons. The molecule has 0 bridgehead atoms. The van der Waals surface area contributed by atoms with Crippen LogP contribution in [0.3, 0.4) is 0 Å². The molecule has 0 aromatic heterocycles. The van der Waals surface area contributed by atoms with Gasteiger partial charge in [-0.3, -0.25) is 4.79 Å². The lowest BCUT2D eigenvalue weighted by Crippen LogP contribution is -2.40. The normalized spacial score (nSPS) is 18.4. The Morgan fingerprint density at radius 2 is 1.89 bits per heavy atom. The molecule has 2 rings (SSSR count). The number of carbonyl (C=O) groups excluding carboxylic acids is 1. The molecule has 1 aromatic carbocycles. The Morgan fingerprint density at radius 3 is 2.42 bits per heavy atom. The number of halogens is 3. The van der Waals surface area contributed by atoms with Crippen LogP contribution in [0.2, 0.25) is 0 Å². The molecule has 1 heterocycles. The molecule has 1 aliphatic rings. The fourth-order valence-corrected chi connectivity index (χ4v) is 2.21. The first kappa shape index (κ1) is 13.6. The maximum atomic E-state index is 12.9. The molecule has 0 amide bonds. The highest BCUT2D eigenvalue weighted by atomic mass is 19.4. The van der Waals surface area contributed by atoms with Gasteiger partial charge in [0.25, 0.3) is 0 Å². The van der Waals surface area contributed by atoms with Crippen LogP contribution in [0.15, 0.2) is 17.7 Å². The summed E-state index contributed by atoms with van der Waals surface area (Å²) in [5, 5.41) is 0. The van der Waals surface area contributed by atoms with E-state index in [2.05, 4.69) is 0 Å². The summed E-state index contributed by atoms with van der Waals surface area (Å²) in [5.41, 5.74) is 1.70. The summed E-state index contributed by atoms with van der Waals surface area (Å²) >= 11 is 0. The van der Waals surface area contributed by atoms with Crippen molar-refractivity contribution in [3.8, 4) is 5.75 Å². The zero-order chi connectivity index (χ0) is 14.4. The summed E-state index contributed by atoms with van der Waals surface area (Å²) in [5.74, 6) is -0.440. The maximum absolute atomic E-state index is 12.9. The summed E-state index contributed by atoms with van der Waals surface area (Å²) in [6, 6.07) is 3.46. The van der Waals surface area contributed by atoms with E-state index in [0.29, 0.717) is 11.1 Å². The SMILES string of the molecule is CC(=O)C1=Cc2cc(C)cc(C)c2O[C@@H]1C(F)(F)F. The van der Waals surface area contributed by atoms with Crippen LogP contribution in [0.1, 0.15) is 23.6 Å². The van der Waals surface area contributed by atoms with E-state index < -0.39 is 18.1 Å². The molecule has 0 saturated heterocycles. The van der Waals surface area contributed by atoms with Gasteiger partial charge in [0.2, 0.25) is 6.10 Å². The molecule has 2 nitrogen and oxygen atoms in total. The average Bonchev–Trinajstić information content (AvgIpc) is 2.25. The number of carbonyl (C=O) groups is 1. The molecule has 0 spiro atoms. The highest BCUT2D eigenvalue weighted by Gasteiger charge is 2.47. The minimum Gasteiger partial charge on any atom is -0.475 e. The number of fused-ring (bicyclic) bond motifs is 1. The number of hydrogen-bond acceptors (Lipinski definition) is 2. The van der Waals surface area contributed by atoms with Crippen molar-refractivity contribution < 1.29 is 22.7 Å². The largest absolute Gasteiger partial charge is 0.475 e. The second kappa shape index (κ2) is 4.40. The van der Waals surface area contributed by atoms with E-state index in [1.165, 1.54) is 6.08 Å². The molecule has 1 aliphatic heterocycles. The van der Waals surface area contributed by atoms with Crippen LogP contribution < -0.4 is 4.74 Å². The summed E-state index contributed by atoms with van der Waals surface area (Å²) < 4.78 is 43.9. The van der Waals surface area contributed by atoms with Gasteiger partial charge in [-0.15, -0.1) is 0 Å². The highest BCUT2D eigenvalue weighted by Crippen LogP contribution is 2.39. The van der Waals surface area contributed by atoms with Gasteiger partial charge in [-0.2, -0.15) is 13.2 Å². The van der Waals surface area contributed by atoms with E-state index in [-0.39, 0.29) is 11.3 Å². The van der Waals surface area contributed by atoms with Crippen molar-refractivity contribution in [2.75, 3.05) is 0 Å². The molecule has 19 heavy (non-hydrogen) atoms. The third kappa shape index (κ3) is 2.50. The smallest absolute Gasteiger partial charge is 0.429 e. The van der Waals surface area contributed by atoms with E-state index in [1.807, 2.05) is 6.92 Å². The number of Topliss-reactive ketones (excluding diaryl/α,β-unsaturated/α-hetero) is 1. The van der Waals surface area contributed by atoms with Crippen molar-refractivity contribution in [2.24, 2.45) is 0 Å². The molecule has 0 unspecified atom stereocenters.